The Morgan fingerprint density at radius 3 is 2.58 bits per heavy atom. The van der Waals surface area contributed by atoms with E-state index in [2.05, 4.69) is 22.0 Å². The van der Waals surface area contributed by atoms with Gasteiger partial charge in [-0.1, -0.05) is 12.8 Å². The first-order chi connectivity index (χ1) is 5.77. The summed E-state index contributed by atoms with van der Waals surface area (Å²) in [6, 6.07) is 2.13. The van der Waals surface area contributed by atoms with E-state index in [-0.39, 0.29) is 0 Å². The molecule has 1 heterocycles. The number of nitrogens with two attached hydrogens (primary N) is 1. The summed E-state index contributed by atoms with van der Waals surface area (Å²) in [7, 11) is 0. The molecular formula is C9H12BrNS. The zero-order valence-electron chi connectivity index (χ0n) is 6.85. The largest absolute Gasteiger partial charge is 0.397 e. The van der Waals surface area contributed by atoms with Crippen molar-refractivity contribution in [2.45, 2.75) is 31.6 Å². The lowest BCUT2D eigenvalue weighted by Gasteiger charge is -2.03. The van der Waals surface area contributed by atoms with E-state index in [4.69, 9.17) is 5.73 Å². The van der Waals surface area contributed by atoms with Crippen molar-refractivity contribution >= 4 is 33.0 Å². The lowest BCUT2D eigenvalue weighted by molar-refractivity contribution is 0.738. The van der Waals surface area contributed by atoms with Gasteiger partial charge in [-0.15, -0.1) is 11.3 Å². The molecule has 2 N–H and O–H groups in total. The monoisotopic (exact) mass is 245 g/mol. The third-order valence-electron chi connectivity index (χ3n) is 2.49. The Balaban J connectivity index is 2.21. The fourth-order valence-electron chi connectivity index (χ4n) is 1.81. The summed E-state index contributed by atoms with van der Waals surface area (Å²) < 4.78 is 1.10. The molecule has 1 aromatic heterocycles. The zero-order chi connectivity index (χ0) is 8.55. The average molecular weight is 246 g/mol. The summed E-state index contributed by atoms with van der Waals surface area (Å²) in [4.78, 5) is 1.47. The average Bonchev–Trinajstić information content (AvgIpc) is 2.61. The van der Waals surface area contributed by atoms with Crippen LogP contribution in [0.3, 0.4) is 0 Å². The lowest BCUT2D eigenvalue weighted by Crippen LogP contribution is -1.86. The van der Waals surface area contributed by atoms with E-state index in [9.17, 15) is 0 Å². The van der Waals surface area contributed by atoms with Gasteiger partial charge in [0.2, 0.25) is 0 Å². The number of nitrogen functional groups attached to an aromatic ring is 1. The van der Waals surface area contributed by atoms with Crippen LogP contribution in [0.5, 0.6) is 0 Å². The van der Waals surface area contributed by atoms with Crippen LogP contribution in [0, 0.1) is 0 Å². The van der Waals surface area contributed by atoms with Crippen molar-refractivity contribution in [2.75, 3.05) is 5.73 Å². The normalized spacial score (nSPS) is 18.8. The van der Waals surface area contributed by atoms with Crippen LogP contribution in [0.25, 0.3) is 0 Å². The minimum atomic E-state index is 0.795. The molecule has 1 aromatic rings. The molecule has 1 aliphatic rings. The predicted molar refractivity (Wildman–Crippen MR) is 57.6 cm³/mol. The second-order valence-electron chi connectivity index (χ2n) is 3.36. The fourth-order valence-corrected chi connectivity index (χ4v) is 3.46. The quantitative estimate of drug-likeness (QED) is 0.802. The van der Waals surface area contributed by atoms with Gasteiger partial charge in [-0.05, 0) is 40.8 Å². The molecule has 1 nitrogen and oxygen atoms in total. The summed E-state index contributed by atoms with van der Waals surface area (Å²) in [6.45, 7) is 0. The van der Waals surface area contributed by atoms with Crippen molar-refractivity contribution in [1.29, 1.82) is 0 Å². The first kappa shape index (κ1) is 8.57. The Bertz CT molecular complexity index is 257. The van der Waals surface area contributed by atoms with Gasteiger partial charge >= 0.3 is 0 Å². The van der Waals surface area contributed by atoms with E-state index >= 15 is 0 Å². The number of hydrogen-bond donors (Lipinski definition) is 1. The number of halogens is 1. The van der Waals surface area contributed by atoms with E-state index in [0.717, 1.165) is 15.4 Å². The Hall–Kier alpha value is -0.0200. The van der Waals surface area contributed by atoms with E-state index in [0.29, 0.717) is 0 Å². The molecule has 0 atom stereocenters. The van der Waals surface area contributed by atoms with Crippen LogP contribution in [-0.4, -0.2) is 0 Å². The Morgan fingerprint density at radius 1 is 1.42 bits per heavy atom. The fraction of sp³-hybridized carbons (Fsp3) is 0.556. The molecule has 0 unspecified atom stereocenters. The Labute approximate surface area is 85.1 Å². The highest BCUT2D eigenvalue weighted by Crippen LogP contribution is 2.41. The molecule has 66 valence electrons. The van der Waals surface area contributed by atoms with E-state index in [1.165, 1.54) is 30.6 Å². The smallest absolute Gasteiger partial charge is 0.0930 e. The van der Waals surface area contributed by atoms with Gasteiger partial charge in [0.25, 0.3) is 0 Å². The van der Waals surface area contributed by atoms with Gasteiger partial charge < -0.3 is 5.73 Å². The minimum absolute atomic E-state index is 0.795. The number of anilines is 1. The van der Waals surface area contributed by atoms with Gasteiger partial charge in [-0.25, -0.2) is 0 Å². The highest BCUT2D eigenvalue weighted by atomic mass is 79.9. The molecule has 0 spiro atoms. The van der Waals surface area contributed by atoms with Crippen LogP contribution >= 0.6 is 27.3 Å². The highest BCUT2D eigenvalue weighted by molar-refractivity contribution is 9.11. The van der Waals surface area contributed by atoms with Crippen LogP contribution in [-0.2, 0) is 0 Å². The number of hydrogen-bond acceptors (Lipinski definition) is 2. The van der Waals surface area contributed by atoms with Gasteiger partial charge in [0, 0.05) is 4.88 Å². The third-order valence-corrected chi connectivity index (χ3v) is 4.53. The van der Waals surface area contributed by atoms with Crippen LogP contribution in [0.2, 0.25) is 0 Å². The van der Waals surface area contributed by atoms with Crippen molar-refractivity contribution in [2.24, 2.45) is 0 Å². The SMILES string of the molecule is Nc1cc(C2CCCC2)sc1Br. The summed E-state index contributed by atoms with van der Waals surface area (Å²) in [5, 5.41) is 0. The molecule has 12 heavy (non-hydrogen) atoms. The van der Waals surface area contributed by atoms with Crippen molar-refractivity contribution in [3.63, 3.8) is 0 Å². The highest BCUT2D eigenvalue weighted by Gasteiger charge is 2.19. The molecule has 2 rings (SSSR count). The van der Waals surface area contributed by atoms with Gasteiger partial charge in [-0.2, -0.15) is 0 Å². The summed E-state index contributed by atoms with van der Waals surface area (Å²) in [6.07, 6.45) is 5.49. The third kappa shape index (κ3) is 1.52. The molecule has 1 aliphatic carbocycles. The van der Waals surface area contributed by atoms with Crippen molar-refractivity contribution < 1.29 is 0 Å². The first-order valence-electron chi connectivity index (χ1n) is 4.32. The van der Waals surface area contributed by atoms with Crippen LogP contribution < -0.4 is 5.73 Å². The molecule has 0 bridgehead atoms. The molecule has 0 aromatic carbocycles. The van der Waals surface area contributed by atoms with E-state index in [1.807, 2.05) is 0 Å². The maximum absolute atomic E-state index is 5.77. The van der Waals surface area contributed by atoms with Gasteiger partial charge in [-0.3, -0.25) is 0 Å². The summed E-state index contributed by atoms with van der Waals surface area (Å²) >= 11 is 5.26. The lowest BCUT2D eigenvalue weighted by atomic mass is 10.1. The van der Waals surface area contributed by atoms with Crippen molar-refractivity contribution in [3.8, 4) is 0 Å². The molecule has 0 saturated heterocycles. The molecule has 1 fully saturated rings. The molecule has 1 saturated carbocycles. The van der Waals surface area contributed by atoms with Gasteiger partial charge in [0.05, 0.1) is 9.47 Å². The number of rotatable bonds is 1. The molecule has 0 radical (unpaired) electrons. The van der Waals surface area contributed by atoms with E-state index < -0.39 is 0 Å². The molecule has 3 heteroatoms. The molecular weight excluding hydrogens is 234 g/mol. The van der Waals surface area contributed by atoms with Crippen molar-refractivity contribution in [1.82, 2.24) is 0 Å². The Morgan fingerprint density at radius 2 is 2.08 bits per heavy atom. The second kappa shape index (κ2) is 3.38. The standard InChI is InChI=1S/C9H12BrNS/c10-9-7(11)5-8(12-9)6-3-1-2-4-6/h5-6H,1-4,11H2. The van der Waals surface area contributed by atoms with Gasteiger partial charge in [0.1, 0.15) is 0 Å². The Kier molecular flexibility index (Phi) is 2.42. The zero-order valence-corrected chi connectivity index (χ0v) is 9.25. The van der Waals surface area contributed by atoms with Gasteiger partial charge in [0.15, 0.2) is 0 Å². The minimum Gasteiger partial charge on any atom is -0.397 e. The van der Waals surface area contributed by atoms with Crippen LogP contribution in [0.4, 0.5) is 5.69 Å². The second-order valence-corrected chi connectivity index (χ2v) is 5.76. The number of thiophene rings is 1. The van der Waals surface area contributed by atoms with Crippen LogP contribution in [0.1, 0.15) is 36.5 Å². The summed E-state index contributed by atoms with van der Waals surface area (Å²) in [5.41, 5.74) is 6.68. The van der Waals surface area contributed by atoms with Crippen LogP contribution in [0.15, 0.2) is 9.85 Å². The summed E-state index contributed by atoms with van der Waals surface area (Å²) in [5.74, 6) is 0.795. The topological polar surface area (TPSA) is 26.0 Å². The maximum Gasteiger partial charge on any atom is 0.0930 e. The molecule has 0 amide bonds. The van der Waals surface area contributed by atoms with E-state index in [1.54, 1.807) is 11.3 Å². The first-order valence-corrected chi connectivity index (χ1v) is 5.93. The molecule has 0 aliphatic heterocycles. The maximum atomic E-state index is 5.77. The predicted octanol–water partition coefficient (Wildman–Crippen LogP) is 3.75. The van der Waals surface area contributed by atoms with Crippen molar-refractivity contribution in [3.05, 3.63) is 14.7 Å².